The summed E-state index contributed by atoms with van der Waals surface area (Å²) in [5.74, 6) is 0. The lowest BCUT2D eigenvalue weighted by Crippen LogP contribution is -2.21. The van der Waals surface area contributed by atoms with Crippen LogP contribution in [0.1, 0.15) is 6.92 Å². The van der Waals surface area contributed by atoms with Crippen LogP contribution >= 0.6 is 11.6 Å². The molecule has 1 unspecified atom stereocenters. The highest BCUT2D eigenvalue weighted by Crippen LogP contribution is 2.11. The van der Waals surface area contributed by atoms with Crippen LogP contribution in [0.2, 0.25) is 5.15 Å². The lowest BCUT2D eigenvalue weighted by Gasteiger charge is -2.15. The number of aromatic nitrogens is 4. The number of hydrogen-bond acceptors (Lipinski definition) is 4. The third kappa shape index (κ3) is 2.93. The Morgan fingerprint density at radius 2 is 2.44 bits per heavy atom. The van der Waals surface area contributed by atoms with Gasteiger partial charge < -0.3 is 9.88 Å². The van der Waals surface area contributed by atoms with E-state index in [4.69, 9.17) is 11.6 Å². The van der Waals surface area contributed by atoms with Crippen LogP contribution in [0.5, 0.6) is 0 Å². The van der Waals surface area contributed by atoms with Gasteiger partial charge in [0.15, 0.2) is 5.15 Å². The van der Waals surface area contributed by atoms with Crippen LogP contribution in [0, 0.1) is 0 Å². The van der Waals surface area contributed by atoms with Crippen molar-refractivity contribution in [2.75, 3.05) is 5.32 Å². The van der Waals surface area contributed by atoms with Crippen molar-refractivity contribution in [2.45, 2.75) is 19.5 Å². The lowest BCUT2D eigenvalue weighted by molar-refractivity contribution is 0.618. The third-order valence-electron chi connectivity index (χ3n) is 2.08. The topological polar surface area (TPSA) is 55.6 Å². The van der Waals surface area contributed by atoms with Gasteiger partial charge in [-0.1, -0.05) is 11.6 Å². The second-order valence-electron chi connectivity index (χ2n) is 3.57. The van der Waals surface area contributed by atoms with Gasteiger partial charge in [-0.15, -0.1) is 5.10 Å². The summed E-state index contributed by atoms with van der Waals surface area (Å²) >= 11 is 5.74. The summed E-state index contributed by atoms with van der Waals surface area (Å²) < 4.78 is 2.01. The molecule has 2 heterocycles. The number of hydrogen-bond donors (Lipinski definition) is 1. The fourth-order valence-corrected chi connectivity index (χ4v) is 1.62. The first-order valence-corrected chi connectivity index (χ1v) is 5.32. The molecule has 0 spiro atoms. The Morgan fingerprint density at radius 3 is 3.12 bits per heavy atom. The number of rotatable bonds is 4. The summed E-state index contributed by atoms with van der Waals surface area (Å²) in [4.78, 5) is 3.99. The highest BCUT2D eigenvalue weighted by molar-refractivity contribution is 6.29. The maximum absolute atomic E-state index is 5.74. The second kappa shape index (κ2) is 4.94. The van der Waals surface area contributed by atoms with Gasteiger partial charge in [0.05, 0.1) is 18.2 Å². The Morgan fingerprint density at radius 1 is 1.56 bits per heavy atom. The maximum Gasteiger partial charge on any atom is 0.153 e. The molecular formula is C10H12ClN5. The van der Waals surface area contributed by atoms with Crippen molar-refractivity contribution in [1.82, 2.24) is 19.7 Å². The van der Waals surface area contributed by atoms with Crippen LogP contribution in [0.25, 0.3) is 0 Å². The first-order chi connectivity index (χ1) is 7.74. The quantitative estimate of drug-likeness (QED) is 0.882. The van der Waals surface area contributed by atoms with E-state index in [2.05, 4.69) is 27.4 Å². The standard InChI is InChI=1S/C10H12ClN5/c1-8(6-16-3-2-12-7-16)14-9-4-10(11)15-13-5-9/h2-5,7-8H,6H2,1H3,(H,14,15). The average Bonchev–Trinajstić information content (AvgIpc) is 2.70. The molecule has 0 amide bonds. The van der Waals surface area contributed by atoms with Crippen molar-refractivity contribution in [3.8, 4) is 0 Å². The third-order valence-corrected chi connectivity index (χ3v) is 2.27. The van der Waals surface area contributed by atoms with Gasteiger partial charge in [0.25, 0.3) is 0 Å². The summed E-state index contributed by atoms with van der Waals surface area (Å²) in [7, 11) is 0. The van der Waals surface area contributed by atoms with E-state index in [1.807, 2.05) is 10.8 Å². The van der Waals surface area contributed by atoms with E-state index in [-0.39, 0.29) is 6.04 Å². The van der Waals surface area contributed by atoms with Gasteiger partial charge in [0.1, 0.15) is 0 Å². The Bertz CT molecular complexity index is 442. The average molecular weight is 238 g/mol. The number of nitrogens with zero attached hydrogens (tertiary/aromatic N) is 4. The van der Waals surface area contributed by atoms with E-state index < -0.39 is 0 Å². The van der Waals surface area contributed by atoms with Crippen LogP contribution in [-0.2, 0) is 6.54 Å². The predicted molar refractivity (Wildman–Crippen MR) is 62.4 cm³/mol. The highest BCUT2D eigenvalue weighted by atomic mass is 35.5. The van der Waals surface area contributed by atoms with Crippen LogP contribution < -0.4 is 5.32 Å². The molecule has 0 fully saturated rings. The van der Waals surface area contributed by atoms with Gasteiger partial charge in [0.2, 0.25) is 0 Å². The van der Waals surface area contributed by atoms with E-state index in [0.29, 0.717) is 5.15 Å². The minimum atomic E-state index is 0.259. The van der Waals surface area contributed by atoms with Crippen molar-refractivity contribution in [3.05, 3.63) is 36.1 Å². The van der Waals surface area contributed by atoms with Gasteiger partial charge in [-0.25, -0.2) is 4.98 Å². The van der Waals surface area contributed by atoms with E-state index in [0.717, 1.165) is 12.2 Å². The van der Waals surface area contributed by atoms with Crippen LogP contribution in [0.3, 0.4) is 0 Å². The normalized spacial score (nSPS) is 12.4. The molecule has 0 radical (unpaired) electrons. The molecule has 0 bridgehead atoms. The van der Waals surface area contributed by atoms with Gasteiger partial charge in [0, 0.05) is 31.0 Å². The van der Waals surface area contributed by atoms with Crippen LogP contribution in [0.15, 0.2) is 31.0 Å². The molecule has 0 saturated heterocycles. The molecule has 0 aliphatic rings. The minimum absolute atomic E-state index is 0.259. The first-order valence-electron chi connectivity index (χ1n) is 4.94. The summed E-state index contributed by atoms with van der Waals surface area (Å²) in [6.07, 6.45) is 7.12. The monoisotopic (exact) mass is 237 g/mol. The van der Waals surface area contributed by atoms with Crippen LogP contribution in [-0.4, -0.2) is 25.8 Å². The number of imidazole rings is 1. The number of anilines is 1. The van der Waals surface area contributed by atoms with E-state index in [1.54, 1.807) is 24.8 Å². The summed E-state index contributed by atoms with van der Waals surface area (Å²) in [5.41, 5.74) is 0.868. The highest BCUT2D eigenvalue weighted by Gasteiger charge is 2.03. The molecule has 2 aromatic rings. The number of halogens is 1. The minimum Gasteiger partial charge on any atom is -0.379 e. The van der Waals surface area contributed by atoms with Crippen molar-refractivity contribution >= 4 is 17.3 Å². The van der Waals surface area contributed by atoms with Crippen molar-refractivity contribution in [2.24, 2.45) is 0 Å². The lowest BCUT2D eigenvalue weighted by atomic mass is 10.3. The summed E-state index contributed by atoms with van der Waals surface area (Å²) in [5, 5.41) is 11.1. The molecule has 0 saturated carbocycles. The smallest absolute Gasteiger partial charge is 0.153 e. The molecule has 1 atom stereocenters. The molecule has 0 aromatic carbocycles. The SMILES string of the molecule is CC(Cn1ccnc1)Nc1cnnc(Cl)c1. The Hall–Kier alpha value is -1.62. The zero-order valence-corrected chi connectivity index (χ0v) is 9.59. The first kappa shape index (κ1) is 10.9. The largest absolute Gasteiger partial charge is 0.379 e. The Kier molecular flexibility index (Phi) is 3.36. The van der Waals surface area contributed by atoms with Gasteiger partial charge in [-0.2, -0.15) is 5.10 Å². The number of nitrogens with one attached hydrogen (secondary N) is 1. The molecular weight excluding hydrogens is 226 g/mol. The molecule has 1 N–H and O–H groups in total. The zero-order valence-electron chi connectivity index (χ0n) is 8.84. The van der Waals surface area contributed by atoms with Crippen LogP contribution in [0.4, 0.5) is 5.69 Å². The predicted octanol–water partition coefficient (Wildman–Crippen LogP) is 1.83. The second-order valence-corrected chi connectivity index (χ2v) is 3.96. The maximum atomic E-state index is 5.74. The fourth-order valence-electron chi connectivity index (χ4n) is 1.46. The Labute approximate surface area is 98.5 Å². The Balaban J connectivity index is 1.94. The van der Waals surface area contributed by atoms with Crippen molar-refractivity contribution < 1.29 is 0 Å². The molecule has 6 heteroatoms. The van der Waals surface area contributed by atoms with Crippen molar-refractivity contribution in [1.29, 1.82) is 0 Å². The molecule has 2 aromatic heterocycles. The molecule has 2 rings (SSSR count). The van der Waals surface area contributed by atoms with E-state index >= 15 is 0 Å². The molecule has 0 aliphatic carbocycles. The van der Waals surface area contributed by atoms with Gasteiger partial charge in [-0.3, -0.25) is 0 Å². The molecule has 84 valence electrons. The summed E-state index contributed by atoms with van der Waals surface area (Å²) in [6, 6.07) is 2.01. The molecule has 16 heavy (non-hydrogen) atoms. The van der Waals surface area contributed by atoms with E-state index in [9.17, 15) is 0 Å². The van der Waals surface area contributed by atoms with Gasteiger partial charge in [-0.05, 0) is 6.92 Å². The molecule has 0 aliphatic heterocycles. The van der Waals surface area contributed by atoms with Gasteiger partial charge >= 0.3 is 0 Å². The molecule has 5 nitrogen and oxygen atoms in total. The summed E-state index contributed by atoms with van der Waals surface area (Å²) in [6.45, 7) is 2.91. The van der Waals surface area contributed by atoms with E-state index in [1.165, 1.54) is 0 Å². The van der Waals surface area contributed by atoms with Crippen molar-refractivity contribution in [3.63, 3.8) is 0 Å². The zero-order chi connectivity index (χ0) is 11.4. The fraction of sp³-hybridized carbons (Fsp3) is 0.300.